The molecule has 0 spiro atoms. The molecule has 4 rings (SSSR count). The quantitative estimate of drug-likeness (QED) is 0.718. The zero-order valence-electron chi connectivity index (χ0n) is 16.0. The first kappa shape index (κ1) is 19.0. The van der Waals surface area contributed by atoms with Crippen molar-refractivity contribution in [2.24, 2.45) is 0 Å². The molecule has 4 fully saturated rings. The lowest BCUT2D eigenvalue weighted by molar-refractivity contribution is -0.131. The lowest BCUT2D eigenvalue weighted by atomic mass is 10.1. The van der Waals surface area contributed by atoms with Crippen molar-refractivity contribution in [3.05, 3.63) is 0 Å². The SMILES string of the molecule is O=C(NC1CCN(C(=O)N2CCC2)C1COC1CCNCC1)[C@@H]1CCCO1. The smallest absolute Gasteiger partial charge is 0.320 e. The summed E-state index contributed by atoms with van der Waals surface area (Å²) in [4.78, 5) is 29.2. The Morgan fingerprint density at radius 3 is 2.56 bits per heavy atom. The second-order valence-electron chi connectivity index (χ2n) is 8.07. The Hall–Kier alpha value is -1.38. The van der Waals surface area contributed by atoms with Crippen molar-refractivity contribution >= 4 is 11.9 Å². The highest BCUT2D eigenvalue weighted by atomic mass is 16.5. The summed E-state index contributed by atoms with van der Waals surface area (Å²) in [6.07, 6.45) is 5.47. The third-order valence-corrected chi connectivity index (χ3v) is 6.26. The van der Waals surface area contributed by atoms with Crippen LogP contribution in [0.4, 0.5) is 4.79 Å². The first-order chi connectivity index (χ1) is 13.2. The van der Waals surface area contributed by atoms with E-state index in [0.29, 0.717) is 19.8 Å². The van der Waals surface area contributed by atoms with E-state index >= 15 is 0 Å². The fourth-order valence-corrected chi connectivity index (χ4v) is 4.41. The molecule has 8 nitrogen and oxygen atoms in total. The van der Waals surface area contributed by atoms with Gasteiger partial charge >= 0.3 is 6.03 Å². The minimum absolute atomic E-state index is 0.0392. The zero-order chi connectivity index (χ0) is 18.6. The lowest BCUT2D eigenvalue weighted by Gasteiger charge is -2.38. The summed E-state index contributed by atoms with van der Waals surface area (Å²) in [6, 6.07) is -0.0685. The molecular formula is C19H32N4O4. The topological polar surface area (TPSA) is 83.1 Å². The predicted octanol–water partition coefficient (Wildman–Crippen LogP) is 0.319. The van der Waals surface area contributed by atoms with Crippen molar-refractivity contribution in [2.45, 2.75) is 62.8 Å². The molecular weight excluding hydrogens is 348 g/mol. The van der Waals surface area contributed by atoms with Crippen molar-refractivity contribution in [3.8, 4) is 0 Å². The van der Waals surface area contributed by atoms with Crippen LogP contribution in [0.3, 0.4) is 0 Å². The lowest BCUT2D eigenvalue weighted by Crippen LogP contribution is -2.56. The Morgan fingerprint density at radius 2 is 1.89 bits per heavy atom. The molecule has 2 N–H and O–H groups in total. The summed E-state index contributed by atoms with van der Waals surface area (Å²) in [7, 11) is 0. The van der Waals surface area contributed by atoms with Crippen LogP contribution in [-0.2, 0) is 14.3 Å². The second kappa shape index (κ2) is 8.75. The molecule has 4 heterocycles. The van der Waals surface area contributed by atoms with Crippen LogP contribution in [0.25, 0.3) is 0 Å². The number of amides is 3. The Bertz CT molecular complexity index is 530. The molecule has 4 aliphatic heterocycles. The number of hydrogen-bond acceptors (Lipinski definition) is 5. The van der Waals surface area contributed by atoms with Gasteiger partial charge in [0.2, 0.25) is 5.91 Å². The van der Waals surface area contributed by atoms with Crippen LogP contribution in [0.15, 0.2) is 0 Å². The summed E-state index contributed by atoms with van der Waals surface area (Å²) in [5, 5.41) is 6.49. The van der Waals surface area contributed by atoms with Crippen LogP contribution in [-0.4, -0.2) is 92.0 Å². The number of ether oxygens (including phenoxy) is 2. The number of hydrogen-bond donors (Lipinski definition) is 2. The number of urea groups is 1. The van der Waals surface area contributed by atoms with E-state index in [1.165, 1.54) is 0 Å². The molecule has 27 heavy (non-hydrogen) atoms. The first-order valence-electron chi connectivity index (χ1n) is 10.5. The molecule has 0 bridgehead atoms. The number of carbonyl (C=O) groups excluding carboxylic acids is 2. The van der Waals surface area contributed by atoms with E-state index < -0.39 is 0 Å². The minimum Gasteiger partial charge on any atom is -0.376 e. The van der Waals surface area contributed by atoms with Crippen LogP contribution in [0.5, 0.6) is 0 Å². The van der Waals surface area contributed by atoms with E-state index in [9.17, 15) is 9.59 Å². The van der Waals surface area contributed by atoms with Crippen molar-refractivity contribution in [3.63, 3.8) is 0 Å². The Kier molecular flexibility index (Phi) is 6.14. The molecule has 2 unspecified atom stereocenters. The number of rotatable bonds is 5. The summed E-state index contributed by atoms with van der Waals surface area (Å²) in [6.45, 7) is 5.45. The number of likely N-dealkylation sites (tertiary alicyclic amines) is 2. The van der Waals surface area contributed by atoms with Gasteiger partial charge in [-0.05, 0) is 51.6 Å². The van der Waals surface area contributed by atoms with Gasteiger partial charge in [-0.15, -0.1) is 0 Å². The summed E-state index contributed by atoms with van der Waals surface area (Å²) in [5.41, 5.74) is 0. The van der Waals surface area contributed by atoms with Crippen molar-refractivity contribution in [1.29, 1.82) is 0 Å². The standard InChI is InChI=1S/C19H32N4O4/c24-18(17-3-1-12-26-17)21-15-6-11-23(19(25)22-9-2-10-22)16(15)13-27-14-4-7-20-8-5-14/h14-17,20H,1-13H2,(H,21,24)/t15?,16?,17-/m0/s1. The van der Waals surface area contributed by atoms with Gasteiger partial charge in [0.05, 0.1) is 24.8 Å². The first-order valence-corrected chi connectivity index (χ1v) is 10.5. The maximum Gasteiger partial charge on any atom is 0.320 e. The van der Waals surface area contributed by atoms with Crippen LogP contribution in [0, 0.1) is 0 Å². The van der Waals surface area contributed by atoms with E-state index in [0.717, 1.165) is 64.7 Å². The normalized spacial score (nSPS) is 31.8. The van der Waals surface area contributed by atoms with Gasteiger partial charge in [0.1, 0.15) is 6.10 Å². The highest BCUT2D eigenvalue weighted by molar-refractivity contribution is 5.82. The molecule has 0 saturated carbocycles. The Morgan fingerprint density at radius 1 is 1.07 bits per heavy atom. The number of piperidine rings is 1. The van der Waals surface area contributed by atoms with Crippen LogP contribution >= 0.6 is 0 Å². The van der Waals surface area contributed by atoms with Gasteiger partial charge in [0.15, 0.2) is 0 Å². The molecule has 3 atom stereocenters. The van der Waals surface area contributed by atoms with Crippen molar-refractivity contribution in [1.82, 2.24) is 20.4 Å². The summed E-state index contributed by atoms with van der Waals surface area (Å²) in [5.74, 6) is -0.0392. The predicted molar refractivity (Wildman–Crippen MR) is 99.4 cm³/mol. The van der Waals surface area contributed by atoms with Gasteiger partial charge in [-0.1, -0.05) is 0 Å². The fraction of sp³-hybridized carbons (Fsp3) is 0.895. The average molecular weight is 380 g/mol. The van der Waals surface area contributed by atoms with Crippen molar-refractivity contribution in [2.75, 3.05) is 45.9 Å². The average Bonchev–Trinajstić information content (AvgIpc) is 3.29. The molecule has 0 aliphatic carbocycles. The zero-order valence-corrected chi connectivity index (χ0v) is 16.0. The molecule has 4 saturated heterocycles. The minimum atomic E-state index is -0.337. The third kappa shape index (κ3) is 4.38. The van der Waals surface area contributed by atoms with Crippen molar-refractivity contribution < 1.29 is 19.1 Å². The Labute approximate surface area is 160 Å². The van der Waals surface area contributed by atoms with Gasteiger partial charge in [0.25, 0.3) is 0 Å². The second-order valence-corrected chi connectivity index (χ2v) is 8.07. The monoisotopic (exact) mass is 380 g/mol. The number of nitrogens with zero attached hydrogens (tertiary/aromatic N) is 2. The van der Waals surface area contributed by atoms with Gasteiger partial charge in [0, 0.05) is 26.2 Å². The molecule has 4 aliphatic rings. The highest BCUT2D eigenvalue weighted by Crippen LogP contribution is 2.24. The van der Waals surface area contributed by atoms with Gasteiger partial charge in [-0.25, -0.2) is 4.79 Å². The summed E-state index contributed by atoms with van der Waals surface area (Å²) >= 11 is 0. The Balaban J connectivity index is 1.38. The summed E-state index contributed by atoms with van der Waals surface area (Å²) < 4.78 is 11.7. The van der Waals surface area contributed by atoms with Gasteiger partial charge < -0.3 is 29.9 Å². The van der Waals surface area contributed by atoms with E-state index in [4.69, 9.17) is 9.47 Å². The van der Waals surface area contributed by atoms with Crippen LogP contribution < -0.4 is 10.6 Å². The van der Waals surface area contributed by atoms with E-state index in [2.05, 4.69) is 10.6 Å². The molecule has 3 amide bonds. The molecule has 152 valence electrons. The highest BCUT2D eigenvalue weighted by Gasteiger charge is 2.41. The molecule has 0 aromatic rings. The molecule has 8 heteroatoms. The van der Waals surface area contributed by atoms with E-state index in [-0.39, 0.29) is 36.2 Å². The molecule has 0 aromatic carbocycles. The van der Waals surface area contributed by atoms with Crippen LogP contribution in [0.1, 0.15) is 38.5 Å². The van der Waals surface area contributed by atoms with Gasteiger partial charge in [-0.3, -0.25) is 4.79 Å². The fourth-order valence-electron chi connectivity index (χ4n) is 4.41. The van der Waals surface area contributed by atoms with Gasteiger partial charge in [-0.2, -0.15) is 0 Å². The maximum atomic E-state index is 12.8. The third-order valence-electron chi connectivity index (χ3n) is 6.26. The van der Waals surface area contributed by atoms with E-state index in [1.54, 1.807) is 0 Å². The molecule has 0 radical (unpaired) electrons. The largest absolute Gasteiger partial charge is 0.376 e. The number of nitrogens with one attached hydrogen (secondary N) is 2. The maximum absolute atomic E-state index is 12.8. The van der Waals surface area contributed by atoms with Crippen LogP contribution in [0.2, 0.25) is 0 Å². The van der Waals surface area contributed by atoms with E-state index in [1.807, 2.05) is 9.80 Å². The number of carbonyl (C=O) groups is 2. The molecule has 0 aromatic heterocycles.